The van der Waals surface area contributed by atoms with Crippen LogP contribution < -0.4 is 15.8 Å². The monoisotopic (exact) mass is 201 g/mol. The number of ether oxygens (including phenoxy) is 1. The molecule has 15 heavy (non-hydrogen) atoms. The van der Waals surface area contributed by atoms with Gasteiger partial charge in [-0.05, 0) is 12.1 Å². The lowest BCUT2D eigenvalue weighted by Crippen LogP contribution is -2.12. The van der Waals surface area contributed by atoms with Crippen molar-refractivity contribution in [2.45, 2.75) is 0 Å². The van der Waals surface area contributed by atoms with Crippen molar-refractivity contribution in [3.8, 4) is 5.75 Å². The summed E-state index contributed by atoms with van der Waals surface area (Å²) >= 11 is 0. The van der Waals surface area contributed by atoms with E-state index < -0.39 is 0 Å². The van der Waals surface area contributed by atoms with Crippen LogP contribution in [0.1, 0.15) is 0 Å². The molecule has 1 heterocycles. The van der Waals surface area contributed by atoms with Gasteiger partial charge in [-0.15, -0.1) is 0 Å². The molecule has 0 radical (unpaired) electrons. The van der Waals surface area contributed by atoms with Crippen molar-refractivity contribution in [3.63, 3.8) is 0 Å². The van der Waals surface area contributed by atoms with Gasteiger partial charge in [0.2, 0.25) is 0 Å². The number of nitrogens with one attached hydrogen (secondary N) is 1. The summed E-state index contributed by atoms with van der Waals surface area (Å²) in [7, 11) is 0. The van der Waals surface area contributed by atoms with Crippen molar-refractivity contribution in [2.75, 3.05) is 5.73 Å². The zero-order valence-corrected chi connectivity index (χ0v) is 8.10. The lowest BCUT2D eigenvalue weighted by molar-refractivity contribution is 0.451. The Hall–Kier alpha value is -2.23. The van der Waals surface area contributed by atoms with Crippen LogP contribution in [-0.2, 0) is 0 Å². The first-order chi connectivity index (χ1) is 7.24. The summed E-state index contributed by atoms with van der Waals surface area (Å²) in [6.07, 6.45) is 3.29. The van der Waals surface area contributed by atoms with Gasteiger partial charge in [0.05, 0.1) is 6.21 Å². The minimum Gasteiger partial charge on any atom is -0.454 e. The maximum Gasteiger partial charge on any atom is 0.161 e. The first kappa shape index (κ1) is 9.33. The van der Waals surface area contributed by atoms with Gasteiger partial charge < -0.3 is 15.8 Å². The molecule has 0 unspecified atom stereocenters. The van der Waals surface area contributed by atoms with Gasteiger partial charge in [0.15, 0.2) is 5.76 Å². The highest BCUT2D eigenvalue weighted by molar-refractivity contribution is 5.78. The predicted molar refractivity (Wildman–Crippen MR) is 60.3 cm³/mol. The number of anilines is 1. The zero-order valence-electron chi connectivity index (χ0n) is 8.10. The lowest BCUT2D eigenvalue weighted by atomic mass is 10.3. The van der Waals surface area contributed by atoms with Gasteiger partial charge in [-0.2, -0.15) is 0 Å². The third-order valence-corrected chi connectivity index (χ3v) is 1.82. The molecule has 0 aromatic heterocycles. The van der Waals surface area contributed by atoms with Gasteiger partial charge in [0, 0.05) is 18.0 Å². The Balaban J connectivity index is 2.10. The molecule has 1 aromatic carbocycles. The molecule has 0 atom stereocenters. The molecule has 1 aromatic rings. The van der Waals surface area contributed by atoms with Gasteiger partial charge in [0.25, 0.3) is 0 Å². The number of hydrogen-bond acceptors (Lipinski definition) is 4. The largest absolute Gasteiger partial charge is 0.454 e. The van der Waals surface area contributed by atoms with Crippen molar-refractivity contribution >= 4 is 11.9 Å². The number of hydrogen-bond donors (Lipinski definition) is 2. The highest BCUT2D eigenvalue weighted by atomic mass is 16.5. The molecule has 1 aliphatic heterocycles. The van der Waals surface area contributed by atoms with Crippen LogP contribution in [0.4, 0.5) is 5.69 Å². The van der Waals surface area contributed by atoms with E-state index in [-0.39, 0.29) is 0 Å². The summed E-state index contributed by atoms with van der Waals surface area (Å²) in [6.45, 7) is 3.64. The van der Waals surface area contributed by atoms with E-state index in [1.54, 1.807) is 24.5 Å². The van der Waals surface area contributed by atoms with Gasteiger partial charge in [-0.25, -0.2) is 4.99 Å². The van der Waals surface area contributed by atoms with Crippen LogP contribution in [0, 0.1) is 0 Å². The molecule has 76 valence electrons. The van der Waals surface area contributed by atoms with E-state index in [0.717, 1.165) is 0 Å². The molecule has 0 fully saturated rings. The van der Waals surface area contributed by atoms with E-state index in [1.807, 2.05) is 12.1 Å². The molecule has 3 N–H and O–H groups in total. The Morgan fingerprint density at radius 1 is 1.40 bits per heavy atom. The summed E-state index contributed by atoms with van der Waals surface area (Å²) < 4.78 is 5.51. The van der Waals surface area contributed by atoms with Crippen LogP contribution in [0.25, 0.3) is 0 Å². The van der Waals surface area contributed by atoms with Crippen molar-refractivity contribution in [1.82, 2.24) is 5.32 Å². The Morgan fingerprint density at radius 2 is 2.27 bits per heavy atom. The van der Waals surface area contributed by atoms with E-state index in [1.165, 1.54) is 0 Å². The van der Waals surface area contributed by atoms with E-state index in [9.17, 15) is 0 Å². The summed E-state index contributed by atoms with van der Waals surface area (Å²) in [5.74, 6) is 1.89. The van der Waals surface area contributed by atoms with Gasteiger partial charge in [0.1, 0.15) is 11.6 Å². The maximum absolute atomic E-state index is 5.62. The van der Waals surface area contributed by atoms with Crippen LogP contribution in [0.15, 0.2) is 53.6 Å². The molecule has 0 aliphatic carbocycles. The van der Waals surface area contributed by atoms with Crippen molar-refractivity contribution in [1.29, 1.82) is 0 Å². The first-order valence-electron chi connectivity index (χ1n) is 4.47. The second kappa shape index (κ2) is 3.88. The number of nitrogens with zero attached hydrogens (tertiary/aromatic N) is 1. The minimum absolute atomic E-state index is 0.593. The molecule has 2 rings (SSSR count). The van der Waals surface area contributed by atoms with Crippen molar-refractivity contribution in [3.05, 3.63) is 48.6 Å². The molecule has 1 aliphatic rings. The number of allylic oxidation sites excluding steroid dienone is 1. The Kier molecular flexibility index (Phi) is 2.41. The van der Waals surface area contributed by atoms with Gasteiger partial charge >= 0.3 is 0 Å². The Bertz CT molecular complexity index is 449. The zero-order chi connectivity index (χ0) is 10.7. The minimum atomic E-state index is 0.593. The third-order valence-electron chi connectivity index (χ3n) is 1.82. The fraction of sp³-hybridized carbons (Fsp3) is 0. The van der Waals surface area contributed by atoms with E-state index in [0.29, 0.717) is 23.0 Å². The Labute approximate surface area is 87.8 Å². The van der Waals surface area contributed by atoms with Crippen LogP contribution >= 0.6 is 0 Å². The average molecular weight is 201 g/mol. The number of benzene rings is 1. The maximum atomic E-state index is 5.62. The number of aliphatic imine (C=N–C) groups is 1. The fourth-order valence-electron chi connectivity index (χ4n) is 1.14. The summed E-state index contributed by atoms with van der Waals surface area (Å²) in [5.41, 5.74) is 6.29. The molecular formula is C11H11N3O. The van der Waals surface area contributed by atoms with Crippen LogP contribution in [0.3, 0.4) is 0 Å². The molecule has 0 saturated carbocycles. The van der Waals surface area contributed by atoms with Crippen LogP contribution in [0.5, 0.6) is 5.75 Å². The first-order valence-corrected chi connectivity index (χ1v) is 4.47. The number of nitrogens with two attached hydrogens (primary N) is 1. The molecule has 0 saturated heterocycles. The topological polar surface area (TPSA) is 59.6 Å². The SMILES string of the molecule is C=C1N=CC(Oc2cccc(N)c2)=CN1. The van der Waals surface area contributed by atoms with Crippen LogP contribution in [0.2, 0.25) is 0 Å². The molecular weight excluding hydrogens is 190 g/mol. The van der Waals surface area contributed by atoms with Crippen LogP contribution in [-0.4, -0.2) is 6.21 Å². The molecule has 0 bridgehead atoms. The van der Waals surface area contributed by atoms with Crippen molar-refractivity contribution in [2.24, 2.45) is 4.99 Å². The van der Waals surface area contributed by atoms with E-state index >= 15 is 0 Å². The summed E-state index contributed by atoms with van der Waals surface area (Å²) in [4.78, 5) is 3.97. The summed E-state index contributed by atoms with van der Waals surface area (Å²) in [5, 5.41) is 2.86. The lowest BCUT2D eigenvalue weighted by Gasteiger charge is -2.11. The molecule has 4 nitrogen and oxygen atoms in total. The number of rotatable bonds is 2. The molecule has 0 amide bonds. The van der Waals surface area contributed by atoms with E-state index in [2.05, 4.69) is 16.9 Å². The predicted octanol–water partition coefficient (Wildman–Crippen LogP) is 1.63. The molecule has 4 heteroatoms. The smallest absolute Gasteiger partial charge is 0.161 e. The fourth-order valence-corrected chi connectivity index (χ4v) is 1.14. The summed E-state index contributed by atoms with van der Waals surface area (Å²) in [6, 6.07) is 7.21. The third kappa shape index (κ3) is 2.37. The standard InChI is InChI=1S/C11H11N3O/c1-8-13-6-11(7-14-8)15-10-4-2-3-9(12)5-10/h2-7,13H,1,12H2. The quantitative estimate of drug-likeness (QED) is 0.715. The average Bonchev–Trinajstić information content (AvgIpc) is 2.22. The van der Waals surface area contributed by atoms with Crippen molar-refractivity contribution < 1.29 is 4.74 Å². The normalized spacial score (nSPS) is 14.4. The van der Waals surface area contributed by atoms with Gasteiger partial charge in [-0.3, -0.25) is 0 Å². The number of nitrogen functional groups attached to an aromatic ring is 1. The second-order valence-corrected chi connectivity index (χ2v) is 3.07. The Morgan fingerprint density at radius 3 is 2.93 bits per heavy atom. The van der Waals surface area contributed by atoms with Gasteiger partial charge in [-0.1, -0.05) is 12.6 Å². The van der Waals surface area contributed by atoms with E-state index in [4.69, 9.17) is 10.5 Å². The molecule has 0 spiro atoms. The second-order valence-electron chi connectivity index (χ2n) is 3.07. The highest BCUT2D eigenvalue weighted by Gasteiger charge is 2.02. The highest BCUT2D eigenvalue weighted by Crippen LogP contribution is 2.17.